The molecule has 2 aliphatic rings. The highest BCUT2D eigenvalue weighted by molar-refractivity contribution is 7.18. The van der Waals surface area contributed by atoms with Crippen molar-refractivity contribution in [1.29, 1.82) is 0 Å². The Balaban J connectivity index is 1.58. The Hall–Kier alpha value is -2.28. The lowest BCUT2D eigenvalue weighted by molar-refractivity contribution is -0.144. The fourth-order valence-corrected chi connectivity index (χ4v) is 4.71. The molecule has 1 aliphatic heterocycles. The monoisotopic (exact) mass is 357 g/mol. The Morgan fingerprint density at radius 2 is 1.88 bits per heavy atom. The van der Waals surface area contributed by atoms with Crippen LogP contribution >= 0.6 is 11.3 Å². The van der Waals surface area contributed by atoms with Gasteiger partial charge in [-0.3, -0.25) is 14.5 Å². The van der Waals surface area contributed by atoms with Gasteiger partial charge in [-0.15, -0.1) is 11.3 Å². The van der Waals surface area contributed by atoms with Crippen LogP contribution in [0.2, 0.25) is 0 Å². The van der Waals surface area contributed by atoms with Gasteiger partial charge in [0.05, 0.1) is 16.8 Å². The minimum Gasteiger partial charge on any atom is -0.263 e. The van der Waals surface area contributed by atoms with E-state index in [2.05, 4.69) is 4.98 Å². The molecule has 4 amide bonds. The average Bonchev–Trinajstić information content (AvgIpc) is 3.11. The quantitative estimate of drug-likeness (QED) is 0.625. The molecule has 0 radical (unpaired) electrons. The van der Waals surface area contributed by atoms with Crippen LogP contribution in [0.1, 0.15) is 37.6 Å². The van der Waals surface area contributed by atoms with Crippen molar-refractivity contribution in [1.82, 2.24) is 14.8 Å². The Morgan fingerprint density at radius 3 is 2.64 bits per heavy atom. The maximum absolute atomic E-state index is 12.8. The lowest BCUT2D eigenvalue weighted by Gasteiger charge is -2.34. The molecular weight excluding hydrogens is 338 g/mol. The molecule has 2 atom stereocenters. The molecule has 1 saturated carbocycles. The summed E-state index contributed by atoms with van der Waals surface area (Å²) < 4.78 is 1.00. The number of hydrogen-bond donors (Lipinski definition) is 0. The van der Waals surface area contributed by atoms with E-state index in [1.54, 1.807) is 0 Å². The third kappa shape index (κ3) is 2.72. The summed E-state index contributed by atoms with van der Waals surface area (Å²) in [5, 5.41) is 0.661. The first-order valence-corrected chi connectivity index (χ1v) is 9.41. The molecule has 0 unspecified atom stereocenters. The Labute approximate surface area is 149 Å². The standard InChI is InChI=1S/C18H19N3O3S/c1-11-6-2-4-8-13(11)21-17(23)16(22)20(18(21)24)10-15-19-12-7-3-5-9-14(12)25-15/h3,5,7,9,11,13H,2,4,6,8,10H2,1H3/t11-,13-/m0/s1. The SMILES string of the molecule is C[C@H]1CCCC[C@@H]1N1C(=O)C(=O)N(Cc2nc3ccccc3s2)C1=O. The Bertz CT molecular complexity index is 829. The van der Waals surface area contributed by atoms with E-state index in [4.69, 9.17) is 0 Å². The summed E-state index contributed by atoms with van der Waals surface area (Å²) in [7, 11) is 0. The molecule has 1 saturated heterocycles. The zero-order chi connectivity index (χ0) is 17.6. The summed E-state index contributed by atoms with van der Waals surface area (Å²) in [6.45, 7) is 2.10. The van der Waals surface area contributed by atoms with Gasteiger partial charge >= 0.3 is 17.8 Å². The van der Waals surface area contributed by atoms with E-state index in [0.717, 1.165) is 40.8 Å². The second kappa shape index (κ2) is 6.22. The normalized spacial score (nSPS) is 24.6. The van der Waals surface area contributed by atoms with Crippen LogP contribution in [0.15, 0.2) is 24.3 Å². The number of nitrogens with zero attached hydrogens (tertiary/aromatic N) is 3. The number of urea groups is 1. The molecule has 25 heavy (non-hydrogen) atoms. The van der Waals surface area contributed by atoms with E-state index >= 15 is 0 Å². The largest absolute Gasteiger partial charge is 0.334 e. The van der Waals surface area contributed by atoms with Crippen LogP contribution in [0.4, 0.5) is 4.79 Å². The first-order valence-electron chi connectivity index (χ1n) is 8.59. The molecule has 1 aromatic carbocycles. The Kier molecular flexibility index (Phi) is 4.03. The molecule has 0 spiro atoms. The van der Waals surface area contributed by atoms with Crippen molar-refractivity contribution in [2.75, 3.05) is 0 Å². The van der Waals surface area contributed by atoms with Gasteiger partial charge in [0.2, 0.25) is 0 Å². The molecule has 2 heterocycles. The smallest absolute Gasteiger partial charge is 0.263 e. The third-order valence-electron chi connectivity index (χ3n) is 5.11. The van der Waals surface area contributed by atoms with Crippen molar-refractivity contribution in [2.45, 2.75) is 45.2 Å². The molecule has 2 aromatic rings. The molecule has 0 N–H and O–H groups in total. The number of hydrogen-bond acceptors (Lipinski definition) is 5. The van der Waals surface area contributed by atoms with Gasteiger partial charge in [-0.25, -0.2) is 14.7 Å². The molecule has 4 rings (SSSR count). The lowest BCUT2D eigenvalue weighted by Crippen LogP contribution is -2.46. The minimum absolute atomic E-state index is 0.0559. The number of carbonyl (C=O) groups excluding carboxylic acids is 3. The van der Waals surface area contributed by atoms with Crippen LogP contribution in [0.25, 0.3) is 10.2 Å². The summed E-state index contributed by atoms with van der Waals surface area (Å²) in [5.74, 6) is -1.19. The van der Waals surface area contributed by atoms with Gasteiger partial charge in [-0.2, -0.15) is 0 Å². The molecule has 0 bridgehead atoms. The van der Waals surface area contributed by atoms with Gasteiger partial charge in [0.25, 0.3) is 0 Å². The van der Waals surface area contributed by atoms with Crippen molar-refractivity contribution in [2.24, 2.45) is 5.92 Å². The molecular formula is C18H19N3O3S. The number of thiazole rings is 1. The number of carbonyl (C=O) groups is 3. The Morgan fingerprint density at radius 1 is 1.12 bits per heavy atom. The zero-order valence-corrected chi connectivity index (χ0v) is 14.8. The number of benzene rings is 1. The van der Waals surface area contributed by atoms with Crippen LogP contribution in [0, 0.1) is 5.92 Å². The molecule has 2 fully saturated rings. The van der Waals surface area contributed by atoms with Crippen LogP contribution in [0.5, 0.6) is 0 Å². The fraction of sp³-hybridized carbons (Fsp3) is 0.444. The van der Waals surface area contributed by atoms with Crippen molar-refractivity contribution in [3.8, 4) is 0 Å². The summed E-state index contributed by atoms with van der Waals surface area (Å²) in [6, 6.07) is 7.00. The fourth-order valence-electron chi connectivity index (χ4n) is 3.76. The van der Waals surface area contributed by atoms with E-state index in [1.165, 1.54) is 16.2 Å². The highest BCUT2D eigenvalue weighted by Gasteiger charge is 2.49. The molecule has 6 nitrogen and oxygen atoms in total. The van der Waals surface area contributed by atoms with Crippen LogP contribution in [0.3, 0.4) is 0 Å². The number of imide groups is 2. The van der Waals surface area contributed by atoms with E-state index in [0.29, 0.717) is 5.01 Å². The highest BCUT2D eigenvalue weighted by Crippen LogP contribution is 2.32. The zero-order valence-electron chi connectivity index (χ0n) is 14.0. The third-order valence-corrected chi connectivity index (χ3v) is 6.13. The van der Waals surface area contributed by atoms with Crippen LogP contribution in [-0.4, -0.2) is 38.7 Å². The highest BCUT2D eigenvalue weighted by atomic mass is 32.1. The second-order valence-electron chi connectivity index (χ2n) is 6.75. The minimum atomic E-state index is -0.734. The molecule has 1 aliphatic carbocycles. The maximum Gasteiger partial charge on any atom is 0.334 e. The number of amides is 4. The molecule has 130 valence electrons. The number of aromatic nitrogens is 1. The van der Waals surface area contributed by atoms with Gasteiger partial charge in [-0.1, -0.05) is 31.9 Å². The van der Waals surface area contributed by atoms with Crippen molar-refractivity contribution in [3.05, 3.63) is 29.3 Å². The predicted molar refractivity (Wildman–Crippen MR) is 93.8 cm³/mol. The van der Waals surface area contributed by atoms with Crippen LogP contribution in [-0.2, 0) is 16.1 Å². The number of fused-ring (bicyclic) bond motifs is 1. The van der Waals surface area contributed by atoms with E-state index in [-0.39, 0.29) is 18.5 Å². The first-order chi connectivity index (χ1) is 12.1. The van der Waals surface area contributed by atoms with E-state index < -0.39 is 17.8 Å². The van der Waals surface area contributed by atoms with Gasteiger partial charge in [0.15, 0.2) is 0 Å². The summed E-state index contributed by atoms with van der Waals surface area (Å²) in [5.41, 5.74) is 0.839. The maximum atomic E-state index is 12.8. The van der Waals surface area contributed by atoms with Gasteiger partial charge < -0.3 is 0 Å². The lowest BCUT2D eigenvalue weighted by atomic mass is 9.85. The number of para-hydroxylation sites is 1. The van der Waals surface area contributed by atoms with Gasteiger partial charge in [0, 0.05) is 6.04 Å². The number of rotatable bonds is 3. The van der Waals surface area contributed by atoms with E-state index in [9.17, 15) is 14.4 Å². The average molecular weight is 357 g/mol. The van der Waals surface area contributed by atoms with Crippen molar-refractivity contribution < 1.29 is 14.4 Å². The predicted octanol–water partition coefficient (Wildman–Crippen LogP) is 3.17. The van der Waals surface area contributed by atoms with Gasteiger partial charge in [0.1, 0.15) is 5.01 Å². The summed E-state index contributed by atoms with van der Waals surface area (Å²) >= 11 is 1.44. The van der Waals surface area contributed by atoms with Gasteiger partial charge in [-0.05, 0) is 30.9 Å². The van der Waals surface area contributed by atoms with Crippen molar-refractivity contribution >= 4 is 39.4 Å². The van der Waals surface area contributed by atoms with Crippen LogP contribution < -0.4 is 0 Å². The first kappa shape index (κ1) is 16.2. The summed E-state index contributed by atoms with van der Waals surface area (Å²) in [4.78, 5) is 44.3. The molecule has 1 aromatic heterocycles. The molecule has 7 heteroatoms. The summed E-state index contributed by atoms with van der Waals surface area (Å²) in [6.07, 6.45) is 3.85. The van der Waals surface area contributed by atoms with E-state index in [1.807, 2.05) is 31.2 Å². The second-order valence-corrected chi connectivity index (χ2v) is 7.87. The topological polar surface area (TPSA) is 70.6 Å². The van der Waals surface area contributed by atoms with Crippen molar-refractivity contribution in [3.63, 3.8) is 0 Å².